The number of piperidine rings is 1. The minimum absolute atomic E-state index is 0.145. The molecule has 1 saturated heterocycles. The van der Waals surface area contributed by atoms with Gasteiger partial charge >= 0.3 is 5.97 Å². The van der Waals surface area contributed by atoms with Crippen molar-refractivity contribution in [1.29, 1.82) is 0 Å². The first-order valence-corrected chi connectivity index (χ1v) is 7.41. The molecule has 1 N–H and O–H groups in total. The fourth-order valence-electron chi connectivity index (χ4n) is 2.74. The smallest absolute Gasteiger partial charge is 0.326 e. The maximum Gasteiger partial charge on any atom is 0.326 e. The highest BCUT2D eigenvalue weighted by Gasteiger charge is 2.34. The molecule has 4 heteroatoms. The highest BCUT2D eigenvalue weighted by atomic mass is 16.5. The van der Waals surface area contributed by atoms with E-state index in [1.807, 2.05) is 20.9 Å². The second kappa shape index (κ2) is 6.71. The van der Waals surface area contributed by atoms with Crippen LogP contribution in [0.1, 0.15) is 47.0 Å². The zero-order valence-corrected chi connectivity index (χ0v) is 13.2. The third-order valence-corrected chi connectivity index (χ3v) is 4.19. The van der Waals surface area contributed by atoms with Crippen molar-refractivity contribution in [2.24, 2.45) is 5.41 Å². The normalized spacial score (nSPS) is 22.8. The van der Waals surface area contributed by atoms with E-state index in [1.54, 1.807) is 0 Å². The molecule has 0 aromatic rings. The molecule has 0 aromatic carbocycles. The van der Waals surface area contributed by atoms with Gasteiger partial charge in [0.15, 0.2) is 0 Å². The molecule has 4 nitrogen and oxygen atoms in total. The van der Waals surface area contributed by atoms with Gasteiger partial charge in [-0.25, -0.2) is 0 Å². The molecule has 0 amide bonds. The number of nitrogens with zero attached hydrogens (tertiary/aromatic N) is 1. The number of carbonyl (C=O) groups is 1. The van der Waals surface area contributed by atoms with Gasteiger partial charge in [0.05, 0.1) is 6.61 Å². The van der Waals surface area contributed by atoms with Gasteiger partial charge in [-0.1, -0.05) is 13.8 Å². The van der Waals surface area contributed by atoms with Gasteiger partial charge in [0.2, 0.25) is 0 Å². The standard InChI is InChI=1S/C15H30N2O2/c1-6-19-13(18)15(4,16-5)9-11-17-10-7-8-14(2,3)12-17/h16H,6-12H2,1-5H3. The maximum absolute atomic E-state index is 12.0. The molecule has 1 heterocycles. The molecule has 1 aliphatic rings. The van der Waals surface area contributed by atoms with Crippen molar-refractivity contribution in [3.63, 3.8) is 0 Å². The van der Waals surface area contributed by atoms with E-state index in [0.29, 0.717) is 12.0 Å². The Bertz CT molecular complexity index is 305. The van der Waals surface area contributed by atoms with Crippen molar-refractivity contribution in [2.75, 3.05) is 33.3 Å². The highest BCUT2D eigenvalue weighted by molar-refractivity contribution is 5.80. The van der Waals surface area contributed by atoms with E-state index in [9.17, 15) is 4.79 Å². The maximum atomic E-state index is 12.0. The van der Waals surface area contributed by atoms with E-state index in [1.165, 1.54) is 12.8 Å². The number of likely N-dealkylation sites (N-methyl/N-ethyl adjacent to an activating group) is 1. The zero-order chi connectivity index (χ0) is 14.5. The Labute approximate surface area is 117 Å². The Kier molecular flexibility index (Phi) is 5.81. The lowest BCUT2D eigenvalue weighted by Crippen LogP contribution is -2.51. The number of likely N-dealkylation sites (tertiary alicyclic amines) is 1. The summed E-state index contributed by atoms with van der Waals surface area (Å²) in [5.41, 5.74) is -0.171. The van der Waals surface area contributed by atoms with Gasteiger partial charge in [-0.05, 0) is 52.1 Å². The molecule has 1 aliphatic heterocycles. The molecule has 1 rings (SSSR count). The van der Waals surface area contributed by atoms with Crippen LogP contribution in [0.15, 0.2) is 0 Å². The molecule has 19 heavy (non-hydrogen) atoms. The number of hydrogen-bond donors (Lipinski definition) is 1. The fourth-order valence-corrected chi connectivity index (χ4v) is 2.74. The number of nitrogens with one attached hydrogen (secondary N) is 1. The molecule has 0 aliphatic carbocycles. The average Bonchev–Trinajstić information content (AvgIpc) is 2.35. The van der Waals surface area contributed by atoms with Crippen LogP contribution in [0.2, 0.25) is 0 Å². The number of hydrogen-bond acceptors (Lipinski definition) is 4. The SMILES string of the molecule is CCOC(=O)C(C)(CCN1CCCC(C)(C)C1)NC. The molecule has 1 unspecified atom stereocenters. The van der Waals surface area contributed by atoms with Gasteiger partial charge in [0, 0.05) is 13.1 Å². The fraction of sp³-hybridized carbons (Fsp3) is 0.933. The van der Waals surface area contributed by atoms with E-state index in [-0.39, 0.29) is 5.97 Å². The summed E-state index contributed by atoms with van der Waals surface area (Å²) in [4.78, 5) is 14.5. The molecule has 0 spiro atoms. The highest BCUT2D eigenvalue weighted by Crippen LogP contribution is 2.28. The van der Waals surface area contributed by atoms with Crippen LogP contribution < -0.4 is 5.32 Å². The first-order chi connectivity index (χ1) is 8.83. The van der Waals surface area contributed by atoms with Gasteiger partial charge in [-0.15, -0.1) is 0 Å². The van der Waals surface area contributed by atoms with Gasteiger partial charge < -0.3 is 15.0 Å². The largest absolute Gasteiger partial charge is 0.465 e. The average molecular weight is 270 g/mol. The number of carbonyl (C=O) groups excluding carboxylic acids is 1. The van der Waals surface area contributed by atoms with E-state index >= 15 is 0 Å². The van der Waals surface area contributed by atoms with E-state index in [0.717, 1.165) is 26.1 Å². The van der Waals surface area contributed by atoms with Crippen LogP contribution in [0.4, 0.5) is 0 Å². The van der Waals surface area contributed by atoms with E-state index in [2.05, 4.69) is 24.1 Å². The summed E-state index contributed by atoms with van der Waals surface area (Å²) in [7, 11) is 1.83. The Morgan fingerprint density at radius 2 is 2.16 bits per heavy atom. The Morgan fingerprint density at radius 3 is 2.68 bits per heavy atom. The van der Waals surface area contributed by atoms with Crippen molar-refractivity contribution in [3.8, 4) is 0 Å². The minimum Gasteiger partial charge on any atom is -0.465 e. The van der Waals surface area contributed by atoms with E-state index < -0.39 is 5.54 Å². The molecule has 0 saturated carbocycles. The molecule has 0 radical (unpaired) electrons. The second-order valence-corrected chi connectivity index (χ2v) is 6.60. The summed E-state index contributed by atoms with van der Waals surface area (Å²) in [5, 5.41) is 3.12. The Hall–Kier alpha value is -0.610. The van der Waals surface area contributed by atoms with Crippen molar-refractivity contribution >= 4 is 5.97 Å². The number of ether oxygens (including phenoxy) is 1. The first-order valence-electron chi connectivity index (χ1n) is 7.41. The van der Waals surface area contributed by atoms with Crippen LogP contribution in [0.5, 0.6) is 0 Å². The van der Waals surface area contributed by atoms with Crippen LogP contribution in [-0.4, -0.2) is 49.7 Å². The topological polar surface area (TPSA) is 41.6 Å². The summed E-state index contributed by atoms with van der Waals surface area (Å²) in [5.74, 6) is -0.145. The molecule has 1 atom stereocenters. The monoisotopic (exact) mass is 270 g/mol. The summed E-state index contributed by atoms with van der Waals surface area (Å²) in [6.45, 7) is 12.1. The van der Waals surface area contributed by atoms with Crippen LogP contribution in [0.25, 0.3) is 0 Å². The molecule has 1 fully saturated rings. The molecular formula is C15H30N2O2. The van der Waals surface area contributed by atoms with Crippen LogP contribution in [0, 0.1) is 5.41 Å². The Balaban J connectivity index is 2.51. The summed E-state index contributed by atoms with van der Waals surface area (Å²) in [6, 6.07) is 0. The molecule has 112 valence electrons. The van der Waals surface area contributed by atoms with Crippen molar-refractivity contribution in [1.82, 2.24) is 10.2 Å². The van der Waals surface area contributed by atoms with Crippen LogP contribution >= 0.6 is 0 Å². The predicted octanol–water partition coefficient (Wildman–Crippen LogP) is 2.04. The second-order valence-electron chi connectivity index (χ2n) is 6.60. The Morgan fingerprint density at radius 1 is 1.47 bits per heavy atom. The lowest BCUT2D eigenvalue weighted by atomic mass is 9.84. The molecular weight excluding hydrogens is 240 g/mol. The number of esters is 1. The van der Waals surface area contributed by atoms with Crippen LogP contribution in [-0.2, 0) is 9.53 Å². The number of rotatable bonds is 6. The zero-order valence-electron chi connectivity index (χ0n) is 13.2. The van der Waals surface area contributed by atoms with Gasteiger partial charge in [-0.2, -0.15) is 0 Å². The van der Waals surface area contributed by atoms with Gasteiger partial charge in [0.1, 0.15) is 5.54 Å². The predicted molar refractivity (Wildman–Crippen MR) is 78.2 cm³/mol. The lowest BCUT2D eigenvalue weighted by molar-refractivity contribution is -0.150. The molecule has 0 aromatic heterocycles. The lowest BCUT2D eigenvalue weighted by Gasteiger charge is -2.39. The summed E-state index contributed by atoms with van der Waals surface area (Å²) >= 11 is 0. The van der Waals surface area contributed by atoms with Gasteiger partial charge in [0.25, 0.3) is 0 Å². The minimum atomic E-state index is -0.572. The van der Waals surface area contributed by atoms with E-state index in [4.69, 9.17) is 4.74 Å². The van der Waals surface area contributed by atoms with Crippen molar-refractivity contribution < 1.29 is 9.53 Å². The van der Waals surface area contributed by atoms with Crippen LogP contribution in [0.3, 0.4) is 0 Å². The summed E-state index contributed by atoms with van der Waals surface area (Å²) in [6.07, 6.45) is 3.34. The quantitative estimate of drug-likeness (QED) is 0.750. The van der Waals surface area contributed by atoms with Gasteiger partial charge in [-0.3, -0.25) is 4.79 Å². The third-order valence-electron chi connectivity index (χ3n) is 4.19. The molecule has 0 bridgehead atoms. The summed E-state index contributed by atoms with van der Waals surface area (Å²) < 4.78 is 5.16. The first kappa shape index (κ1) is 16.4. The van der Waals surface area contributed by atoms with Crippen molar-refractivity contribution in [2.45, 2.75) is 52.5 Å². The third kappa shape index (κ3) is 4.77. The van der Waals surface area contributed by atoms with Crippen molar-refractivity contribution in [3.05, 3.63) is 0 Å².